The quantitative estimate of drug-likeness (QED) is 0.636. The molecule has 28 heavy (non-hydrogen) atoms. The smallest absolute Gasteiger partial charge is 0.268 e. The lowest BCUT2D eigenvalue weighted by molar-refractivity contribution is -0.111. The Labute approximate surface area is 161 Å². The first-order valence-corrected chi connectivity index (χ1v) is 9.89. The van der Waals surface area contributed by atoms with Crippen molar-refractivity contribution >= 4 is 27.3 Å². The van der Waals surface area contributed by atoms with Crippen molar-refractivity contribution in [3.63, 3.8) is 0 Å². The summed E-state index contributed by atoms with van der Waals surface area (Å²) in [5.41, 5.74) is 0.949. The second-order valence-corrected chi connectivity index (χ2v) is 8.12. The third kappa shape index (κ3) is 2.95. The van der Waals surface area contributed by atoms with Gasteiger partial charge in [-0.2, -0.15) is 0 Å². The lowest BCUT2D eigenvalue weighted by Crippen LogP contribution is -2.24. The minimum Gasteiger partial charge on any atom is -0.455 e. The average Bonchev–Trinajstić information content (AvgIpc) is 3.14. The minimum atomic E-state index is -3.99. The van der Waals surface area contributed by atoms with E-state index in [9.17, 15) is 18.0 Å². The number of hydrogen-bond acceptors (Lipinski definition) is 5. The zero-order valence-electron chi connectivity index (χ0n) is 14.8. The van der Waals surface area contributed by atoms with Gasteiger partial charge in [-0.25, -0.2) is 12.4 Å². The molecule has 1 aliphatic carbocycles. The summed E-state index contributed by atoms with van der Waals surface area (Å²) < 4.78 is 33.0. The second kappa shape index (κ2) is 6.61. The van der Waals surface area contributed by atoms with Gasteiger partial charge in [-0.3, -0.25) is 9.59 Å². The maximum Gasteiger partial charge on any atom is 0.268 e. The molecule has 0 N–H and O–H groups in total. The number of ether oxygens (including phenoxy) is 1. The van der Waals surface area contributed by atoms with E-state index in [1.165, 1.54) is 24.4 Å². The Morgan fingerprint density at radius 2 is 1.57 bits per heavy atom. The number of allylic oxidation sites excluding steroid dienone is 1. The van der Waals surface area contributed by atoms with Crippen LogP contribution in [-0.4, -0.2) is 24.0 Å². The third-order valence-corrected chi connectivity index (χ3v) is 6.05. The van der Waals surface area contributed by atoms with Crippen LogP contribution in [0, 0.1) is 6.92 Å². The number of rotatable bonds is 4. The number of Topliss-reactive ketones (excluding diaryl/α,β-unsaturated/α-hetero) is 1. The van der Waals surface area contributed by atoms with Gasteiger partial charge in [0.05, 0.1) is 10.5 Å². The highest BCUT2D eigenvalue weighted by Crippen LogP contribution is 2.31. The molecule has 0 radical (unpaired) electrons. The number of carbonyl (C=O) groups excluding carboxylic acids is 2. The zero-order valence-corrected chi connectivity index (χ0v) is 15.6. The van der Waals surface area contributed by atoms with Crippen LogP contribution < -0.4 is 4.74 Å². The van der Waals surface area contributed by atoms with Crippen molar-refractivity contribution in [3.05, 3.63) is 89.8 Å². The van der Waals surface area contributed by atoms with Crippen molar-refractivity contribution in [2.75, 3.05) is 0 Å². The van der Waals surface area contributed by atoms with Gasteiger partial charge in [0.1, 0.15) is 11.4 Å². The maximum absolute atomic E-state index is 13.1. The predicted molar refractivity (Wildman–Crippen MR) is 103 cm³/mol. The summed E-state index contributed by atoms with van der Waals surface area (Å²) in [7, 11) is -3.99. The van der Waals surface area contributed by atoms with E-state index in [1.54, 1.807) is 42.5 Å². The van der Waals surface area contributed by atoms with Crippen LogP contribution in [0.2, 0.25) is 0 Å². The molecule has 0 atom stereocenters. The number of fused-ring (bicyclic) bond motifs is 1. The fourth-order valence-electron chi connectivity index (χ4n) is 2.94. The summed E-state index contributed by atoms with van der Waals surface area (Å²) in [5, 5.41) is 0. The van der Waals surface area contributed by atoms with E-state index in [4.69, 9.17) is 4.74 Å². The van der Waals surface area contributed by atoms with Crippen LogP contribution in [0.4, 0.5) is 0 Å². The van der Waals surface area contributed by atoms with Gasteiger partial charge in [0.25, 0.3) is 10.0 Å². The molecular formula is C21H15NO5S. The normalized spacial score (nSPS) is 13.8. The van der Waals surface area contributed by atoms with Gasteiger partial charge in [-0.05, 0) is 37.3 Å². The molecule has 0 aliphatic heterocycles. The molecule has 140 valence electrons. The Hall–Kier alpha value is -3.45. The predicted octanol–water partition coefficient (Wildman–Crippen LogP) is 3.22. The van der Waals surface area contributed by atoms with E-state index in [2.05, 4.69) is 0 Å². The first-order chi connectivity index (χ1) is 13.4. The van der Waals surface area contributed by atoms with Crippen molar-refractivity contribution < 1.29 is 22.7 Å². The molecule has 1 aliphatic rings. The number of hydrogen-bond donors (Lipinski definition) is 0. The van der Waals surface area contributed by atoms with Crippen molar-refractivity contribution in [1.29, 1.82) is 0 Å². The van der Waals surface area contributed by atoms with Gasteiger partial charge in [-0.15, -0.1) is 0 Å². The molecule has 6 nitrogen and oxygen atoms in total. The third-order valence-electron chi connectivity index (χ3n) is 4.36. The highest BCUT2D eigenvalue weighted by molar-refractivity contribution is 7.90. The summed E-state index contributed by atoms with van der Waals surface area (Å²) in [6.07, 6.45) is 2.29. The maximum atomic E-state index is 13.1. The van der Waals surface area contributed by atoms with Crippen molar-refractivity contribution in [2.24, 2.45) is 0 Å². The molecule has 1 aromatic heterocycles. The number of nitrogens with zero attached hydrogens (tertiary/aromatic N) is 1. The van der Waals surface area contributed by atoms with Crippen molar-refractivity contribution in [3.8, 4) is 5.75 Å². The first kappa shape index (κ1) is 17.9. The van der Waals surface area contributed by atoms with Gasteiger partial charge in [0.15, 0.2) is 5.76 Å². The highest BCUT2D eigenvalue weighted by Gasteiger charge is 2.34. The number of aryl methyl sites for hydroxylation is 1. The number of aromatic nitrogens is 1. The molecule has 4 rings (SSSR count). The van der Waals surface area contributed by atoms with Gasteiger partial charge in [-0.1, -0.05) is 35.9 Å². The molecule has 0 unspecified atom stereocenters. The highest BCUT2D eigenvalue weighted by atomic mass is 32.2. The Morgan fingerprint density at radius 1 is 0.893 bits per heavy atom. The van der Waals surface area contributed by atoms with Gasteiger partial charge >= 0.3 is 0 Å². The Morgan fingerprint density at radius 3 is 2.25 bits per heavy atom. The fourth-order valence-corrected chi connectivity index (χ4v) is 4.30. The molecule has 0 spiro atoms. The Balaban J connectivity index is 1.87. The molecule has 2 aromatic carbocycles. The van der Waals surface area contributed by atoms with Crippen LogP contribution in [0.1, 0.15) is 21.6 Å². The Kier molecular flexibility index (Phi) is 4.24. The van der Waals surface area contributed by atoms with Crippen LogP contribution in [-0.2, 0) is 14.8 Å². The van der Waals surface area contributed by atoms with Crippen LogP contribution in [0.25, 0.3) is 5.76 Å². The molecule has 7 heteroatoms. The van der Waals surface area contributed by atoms with E-state index in [1.807, 2.05) is 6.92 Å². The van der Waals surface area contributed by atoms with E-state index in [0.717, 1.165) is 15.6 Å². The fraction of sp³-hybridized carbons (Fsp3) is 0.0476. The standard InChI is InChI=1S/C21H15NO5S/c1-14-7-9-16(10-8-14)28(25,26)22-12-11-17-20(22)19(13-18(23)21(17)24)27-15-5-3-2-4-6-15/h2-13H,1H3. The molecule has 0 amide bonds. The molecule has 1 heterocycles. The molecule has 0 bridgehead atoms. The molecule has 0 saturated carbocycles. The van der Waals surface area contributed by atoms with E-state index >= 15 is 0 Å². The zero-order chi connectivity index (χ0) is 19.9. The van der Waals surface area contributed by atoms with Crippen LogP contribution in [0.15, 0.2) is 77.8 Å². The molecule has 0 saturated heterocycles. The van der Waals surface area contributed by atoms with Crippen molar-refractivity contribution in [2.45, 2.75) is 11.8 Å². The van der Waals surface area contributed by atoms with Gasteiger partial charge < -0.3 is 4.74 Å². The number of carbonyl (C=O) groups is 2. The van der Waals surface area contributed by atoms with Crippen LogP contribution >= 0.6 is 0 Å². The SMILES string of the molecule is Cc1ccc(S(=O)(=O)n2ccc3c2C(Oc2ccccc2)=CC(=O)C3=O)cc1. The van der Waals surface area contributed by atoms with Crippen LogP contribution in [0.5, 0.6) is 5.75 Å². The van der Waals surface area contributed by atoms with E-state index in [0.29, 0.717) is 5.75 Å². The lowest BCUT2D eigenvalue weighted by Gasteiger charge is -2.18. The van der Waals surface area contributed by atoms with Crippen LogP contribution in [0.3, 0.4) is 0 Å². The second-order valence-electron chi connectivity index (χ2n) is 6.31. The summed E-state index contributed by atoms with van der Waals surface area (Å²) in [6.45, 7) is 1.85. The van der Waals surface area contributed by atoms with Gasteiger partial charge in [0, 0.05) is 12.3 Å². The summed E-state index contributed by atoms with van der Waals surface area (Å²) in [4.78, 5) is 24.4. The summed E-state index contributed by atoms with van der Waals surface area (Å²) in [6, 6.07) is 16.3. The van der Waals surface area contributed by atoms with E-state index in [-0.39, 0.29) is 21.9 Å². The molecule has 0 fully saturated rings. The number of para-hydroxylation sites is 1. The minimum absolute atomic E-state index is 0.00545. The Bertz CT molecular complexity index is 1220. The first-order valence-electron chi connectivity index (χ1n) is 8.45. The molecular weight excluding hydrogens is 378 g/mol. The molecule has 3 aromatic rings. The van der Waals surface area contributed by atoms with E-state index < -0.39 is 21.6 Å². The largest absolute Gasteiger partial charge is 0.455 e. The average molecular weight is 393 g/mol. The monoisotopic (exact) mass is 393 g/mol. The summed E-state index contributed by atoms with van der Waals surface area (Å²) >= 11 is 0. The number of benzene rings is 2. The van der Waals surface area contributed by atoms with Crippen molar-refractivity contribution in [1.82, 2.24) is 3.97 Å². The van der Waals surface area contributed by atoms with Gasteiger partial charge in [0.2, 0.25) is 11.6 Å². The lowest BCUT2D eigenvalue weighted by atomic mass is 10.0. The number of ketones is 2. The summed E-state index contributed by atoms with van der Waals surface area (Å²) in [5.74, 6) is -1.11. The topological polar surface area (TPSA) is 82.4 Å².